The van der Waals surface area contributed by atoms with Crippen LogP contribution in [0.25, 0.3) is 0 Å². The summed E-state index contributed by atoms with van der Waals surface area (Å²) in [5.41, 5.74) is 2.01. The maximum atomic E-state index is 5.50. The van der Waals surface area contributed by atoms with Gasteiger partial charge < -0.3 is 20.1 Å². The van der Waals surface area contributed by atoms with Gasteiger partial charge in [0, 0.05) is 11.4 Å². The van der Waals surface area contributed by atoms with Crippen LogP contribution < -0.4 is 62.6 Å². The number of fused-ring (bicyclic) bond motifs is 20. The first-order valence-electron chi connectivity index (χ1n) is 27.1. The summed E-state index contributed by atoms with van der Waals surface area (Å²) in [5, 5.41) is 39.4. The van der Waals surface area contributed by atoms with E-state index in [1.54, 1.807) is 0 Å². The molecule has 2 aromatic rings. The molecule has 0 aromatic heterocycles. The average molecular weight is 973 g/mol. The molecule has 9 fully saturated rings. The van der Waals surface area contributed by atoms with Crippen molar-refractivity contribution in [2.45, 2.75) is 192 Å². The van der Waals surface area contributed by atoms with Crippen LogP contribution in [-0.4, -0.2) is 62.5 Å². The molecule has 5 heterocycles. The molecule has 10 N–H and O–H groups in total. The maximum absolute atomic E-state index is 5.50. The van der Waals surface area contributed by atoms with Crippen molar-refractivity contribution >= 4 is 11.4 Å². The molecule has 11 rings (SSSR count). The van der Waals surface area contributed by atoms with Gasteiger partial charge in [-0.1, -0.05) is 78.1 Å². The third-order valence-electron chi connectivity index (χ3n) is 17.4. The van der Waals surface area contributed by atoms with E-state index in [1.165, 1.54) is 116 Å². The van der Waals surface area contributed by atoms with Crippen molar-refractivity contribution in [2.75, 3.05) is 23.8 Å². The number of unbranched alkanes of at least 4 members (excludes halogenated alkanes) is 2. The summed E-state index contributed by atoms with van der Waals surface area (Å²) < 4.78 is 11.0. The van der Waals surface area contributed by atoms with Crippen molar-refractivity contribution in [2.24, 2.45) is 47.3 Å². The van der Waals surface area contributed by atoms with E-state index in [2.05, 4.69) is 81.1 Å². The Labute approximate surface area is 415 Å². The Balaban J connectivity index is 0.000000186. The van der Waals surface area contributed by atoms with Crippen molar-refractivity contribution in [3.05, 3.63) is 62.6 Å². The first-order valence-corrected chi connectivity index (χ1v) is 27.1. The van der Waals surface area contributed by atoms with Crippen molar-refractivity contribution in [1.29, 1.82) is 0 Å². The van der Waals surface area contributed by atoms with E-state index >= 15 is 0 Å². The zero-order valence-electron chi connectivity index (χ0n) is 40.9. The van der Waals surface area contributed by atoms with Crippen LogP contribution in [-0.2, 0) is 17.1 Å². The predicted octanol–water partition coefficient (Wildman–Crippen LogP) is 8.74. The van der Waals surface area contributed by atoms with Gasteiger partial charge in [-0.05, 0) is 160 Å². The minimum absolute atomic E-state index is 0. The number of rotatable bonds is 10. The molecule has 5 saturated heterocycles. The molecule has 12 nitrogen and oxygen atoms in total. The monoisotopic (exact) mass is 972 g/mol. The van der Waals surface area contributed by atoms with E-state index in [0.717, 1.165) is 96.3 Å². The summed E-state index contributed by atoms with van der Waals surface area (Å²) in [5.74, 6) is 7.82. The molecule has 0 spiro atoms. The Bertz CT molecular complexity index is 1480. The third-order valence-corrected chi connectivity index (χ3v) is 17.4. The van der Waals surface area contributed by atoms with E-state index in [-0.39, 0.29) is 17.1 Å². The fourth-order valence-corrected chi connectivity index (χ4v) is 14.0. The molecule has 0 amide bonds. The van der Waals surface area contributed by atoms with E-state index in [4.69, 9.17) is 9.47 Å². The zero-order valence-corrected chi connectivity index (χ0v) is 41.9. The first-order chi connectivity index (χ1) is 32.5. The van der Waals surface area contributed by atoms with Gasteiger partial charge in [-0.25, -0.2) is 0 Å². The van der Waals surface area contributed by atoms with Crippen LogP contribution in [0.5, 0.6) is 11.5 Å². The molecule has 13 heteroatoms. The smallest absolute Gasteiger partial charge is 0.538 e. The van der Waals surface area contributed by atoms with E-state index in [9.17, 15) is 0 Å². The molecule has 2 aromatic carbocycles. The Morgan fingerprint density at radius 2 is 0.597 bits per heavy atom. The summed E-state index contributed by atoms with van der Waals surface area (Å²) in [7, 11) is 7.14. The third kappa shape index (κ3) is 12.5. The van der Waals surface area contributed by atoms with Gasteiger partial charge in [0.1, 0.15) is 11.5 Å². The minimum Gasteiger partial charge on any atom is -0.538 e. The number of ether oxygens (including phenoxy) is 2. The van der Waals surface area contributed by atoms with Gasteiger partial charge in [-0.15, -0.1) is 0 Å². The standard InChI is InChI=1S/C32H56N8.2C11H16NO.Cu/c1-2-10-18-17(9-1)25-33-26(18)38-28-21-13-5-6-14-22(21)30(35-28)40-32-24-16-8-7-15-23(24)31(36-32)39-29-20-12-4-3-11-19(20)27(34-29)37-25;2*1-3-4-9-13-11-7-5-10(12-2)6-8-11;/h17-40H,1-16H2;2*5-8,12H,2-4,9H2,1H3;/q;2*-1;+2. The van der Waals surface area contributed by atoms with Gasteiger partial charge in [0.25, 0.3) is 0 Å². The second-order valence-corrected chi connectivity index (χ2v) is 21.4. The van der Waals surface area contributed by atoms with E-state index in [1.807, 2.05) is 48.5 Å². The quantitative estimate of drug-likeness (QED) is 0.0634. The Morgan fingerprint density at radius 3 is 0.776 bits per heavy atom. The Kier molecular flexibility index (Phi) is 19.3. The summed E-state index contributed by atoms with van der Waals surface area (Å²) in [6.07, 6.45) is 30.1. The van der Waals surface area contributed by atoms with Crippen LogP contribution in [0, 0.1) is 61.4 Å². The largest absolute Gasteiger partial charge is 2.00 e. The maximum Gasteiger partial charge on any atom is 2.00 e. The fraction of sp³-hybridized carbons (Fsp3) is 0.741. The molecule has 8 bridgehead atoms. The van der Waals surface area contributed by atoms with Crippen molar-refractivity contribution in [3.63, 3.8) is 0 Å². The van der Waals surface area contributed by atoms with Crippen LogP contribution >= 0.6 is 0 Å². The molecule has 9 aliphatic rings. The second kappa shape index (κ2) is 25.3. The molecule has 8 unspecified atom stereocenters. The SMILES string of the molecule is C1CCC2C3NC(NC4NC(NC5NC(NC6NC(N3)C3CCCCC63)C3CCCCC53)C3CCCCC43)C2C1.[CH2-]Nc1ccc(OCCCC)cc1.[CH2-]Nc1ccc(OCCCC)cc1.[Cu+2]. The van der Waals surface area contributed by atoms with E-state index in [0.29, 0.717) is 49.3 Å². The molecule has 4 saturated carbocycles. The first kappa shape index (κ1) is 51.2. The summed E-state index contributed by atoms with van der Waals surface area (Å²) in [4.78, 5) is 0. The number of hydrogen-bond acceptors (Lipinski definition) is 12. The van der Waals surface area contributed by atoms with Crippen molar-refractivity contribution in [3.8, 4) is 11.5 Å². The number of hydrogen-bond donors (Lipinski definition) is 10. The normalized spacial score (nSPS) is 38.1. The molecule has 377 valence electrons. The second-order valence-electron chi connectivity index (χ2n) is 21.4. The fourth-order valence-electron chi connectivity index (χ4n) is 14.0. The minimum atomic E-state index is 0. The summed E-state index contributed by atoms with van der Waals surface area (Å²) >= 11 is 0. The molecule has 67 heavy (non-hydrogen) atoms. The van der Waals surface area contributed by atoms with Crippen molar-refractivity contribution < 1.29 is 26.5 Å². The topological polar surface area (TPSA) is 139 Å². The van der Waals surface area contributed by atoms with Gasteiger partial charge in [-0.2, -0.15) is 0 Å². The van der Waals surface area contributed by atoms with Crippen LogP contribution in [0.3, 0.4) is 0 Å². The molecular weight excluding hydrogens is 884 g/mol. The molecular formula is C54H88CuN10O2. The Morgan fingerprint density at radius 1 is 0.388 bits per heavy atom. The van der Waals surface area contributed by atoms with Crippen LogP contribution in [0.1, 0.15) is 142 Å². The summed E-state index contributed by atoms with van der Waals surface area (Å²) in [6.45, 7) is 5.90. The van der Waals surface area contributed by atoms with Crippen LogP contribution in [0.15, 0.2) is 48.5 Å². The van der Waals surface area contributed by atoms with E-state index < -0.39 is 0 Å². The Hall–Kier alpha value is -2.16. The van der Waals surface area contributed by atoms with Gasteiger partial charge in [0.2, 0.25) is 0 Å². The van der Waals surface area contributed by atoms with Gasteiger partial charge in [-0.3, -0.25) is 56.6 Å². The number of benzene rings is 2. The van der Waals surface area contributed by atoms with Crippen LogP contribution in [0.4, 0.5) is 11.4 Å². The number of anilines is 2. The molecule has 8 atom stereocenters. The molecule has 1 radical (unpaired) electrons. The number of nitrogens with one attached hydrogen (secondary N) is 10. The van der Waals surface area contributed by atoms with Crippen LogP contribution in [0.2, 0.25) is 0 Å². The molecule has 5 aliphatic heterocycles. The van der Waals surface area contributed by atoms with Crippen molar-refractivity contribution in [1.82, 2.24) is 42.5 Å². The van der Waals surface area contributed by atoms with Gasteiger partial charge in [0.15, 0.2) is 0 Å². The predicted molar refractivity (Wildman–Crippen MR) is 269 cm³/mol. The summed E-state index contributed by atoms with van der Waals surface area (Å²) in [6, 6.07) is 15.6. The van der Waals surface area contributed by atoms with Gasteiger partial charge >= 0.3 is 17.1 Å². The molecule has 4 aliphatic carbocycles. The average Bonchev–Trinajstić information content (AvgIpc) is 4.11. The zero-order chi connectivity index (χ0) is 45.2. The van der Waals surface area contributed by atoms with Gasteiger partial charge in [0.05, 0.1) is 62.5 Å².